The first kappa shape index (κ1) is 32.2. The fourth-order valence-electron chi connectivity index (χ4n) is 3.81. The van der Waals surface area contributed by atoms with E-state index < -0.39 is 28.6 Å². The van der Waals surface area contributed by atoms with E-state index in [1.54, 1.807) is 30.4 Å². The summed E-state index contributed by atoms with van der Waals surface area (Å²) in [5.74, 6) is -2.62. The normalized spacial score (nSPS) is 18.1. The van der Waals surface area contributed by atoms with Crippen LogP contribution in [0.25, 0.3) is 0 Å². The van der Waals surface area contributed by atoms with E-state index in [9.17, 15) is 24.3 Å². The molecule has 2 aromatic rings. The summed E-state index contributed by atoms with van der Waals surface area (Å²) in [4.78, 5) is 58.5. The number of carbonyl (C=O) groups excluding carboxylic acids is 2. The van der Waals surface area contributed by atoms with Gasteiger partial charge in [-0.3, -0.25) is 19.3 Å². The van der Waals surface area contributed by atoms with Crippen LogP contribution in [0.5, 0.6) is 0 Å². The minimum Gasteiger partial charge on any atom is -0.481 e. The van der Waals surface area contributed by atoms with Crippen molar-refractivity contribution in [3.63, 3.8) is 0 Å². The number of fused-ring (bicyclic) bond motifs is 1. The van der Waals surface area contributed by atoms with Crippen LogP contribution in [0.4, 0.5) is 11.8 Å². The van der Waals surface area contributed by atoms with Gasteiger partial charge in [0.05, 0.1) is 33.3 Å². The van der Waals surface area contributed by atoms with Gasteiger partial charge in [0.1, 0.15) is 21.9 Å². The summed E-state index contributed by atoms with van der Waals surface area (Å²) in [6, 6.07) is 4.66. The number of aromatic nitrogens is 2. The molecule has 0 saturated carbocycles. The van der Waals surface area contributed by atoms with Gasteiger partial charge in [0.2, 0.25) is 17.8 Å². The molecule has 18 heteroatoms. The molecule has 4 rings (SSSR count). The third kappa shape index (κ3) is 7.99. The maximum absolute atomic E-state index is 13.0. The van der Waals surface area contributed by atoms with Crippen LogP contribution in [0.3, 0.4) is 0 Å². The number of amides is 2. The molecule has 2 unspecified atom stereocenters. The zero-order valence-corrected chi connectivity index (χ0v) is 26.1. The van der Waals surface area contributed by atoms with Crippen molar-refractivity contribution in [2.24, 2.45) is 0 Å². The summed E-state index contributed by atoms with van der Waals surface area (Å²) in [7, 11) is 0. The van der Waals surface area contributed by atoms with Crippen LogP contribution in [-0.4, -0.2) is 76.8 Å². The monoisotopic (exact) mass is 688 g/mol. The molecule has 42 heavy (non-hydrogen) atoms. The largest absolute Gasteiger partial charge is 0.481 e. The van der Waals surface area contributed by atoms with Gasteiger partial charge in [0, 0.05) is 27.2 Å². The average molecular weight is 690 g/mol. The smallest absolute Gasteiger partial charge is 0.353 e. The zero-order chi connectivity index (χ0) is 30.6. The molecule has 7 N–H and O–H groups in total. The summed E-state index contributed by atoms with van der Waals surface area (Å²) in [6.45, 7) is 0. The standard InChI is InChI=1S/C24H22Cl2N6O6S4/c25-11-5-14(41-9-20(35)36)12(26)4-13(11)40-8-16(33)30-22-10(21(23(37)38)32-18(34)7-19(32)42-22)2-1-3-39-17-6-15(27)29-24(28)31-17/h1-2,4-6,19,22H,3,7-9H2,(H,30,33)(H,35,36)(H,37,38)(H4,27,28,29,31)/b2-1+. The molecule has 0 spiro atoms. The minimum atomic E-state index is -1.28. The lowest BCUT2D eigenvalue weighted by Gasteiger charge is -2.46. The second kappa shape index (κ2) is 14.1. The summed E-state index contributed by atoms with van der Waals surface area (Å²) in [5.41, 5.74) is 11.4. The van der Waals surface area contributed by atoms with E-state index in [1.165, 1.54) is 28.4 Å². The molecule has 1 saturated heterocycles. The molecule has 2 aliphatic heterocycles. The summed E-state index contributed by atoms with van der Waals surface area (Å²) in [5, 5.41) is 21.7. The van der Waals surface area contributed by atoms with Gasteiger partial charge in [-0.15, -0.1) is 47.0 Å². The minimum absolute atomic E-state index is 0.0283. The lowest BCUT2D eigenvalue weighted by atomic mass is 10.1. The number of rotatable bonds is 12. The zero-order valence-electron chi connectivity index (χ0n) is 21.3. The van der Waals surface area contributed by atoms with Crippen LogP contribution >= 0.6 is 70.2 Å². The number of hydrogen-bond donors (Lipinski definition) is 5. The first-order valence-corrected chi connectivity index (χ1v) is 16.5. The molecular formula is C24H22Cl2N6O6S4. The first-order valence-electron chi connectivity index (χ1n) is 11.8. The summed E-state index contributed by atoms with van der Waals surface area (Å²) < 4.78 is 0. The lowest BCUT2D eigenvalue weighted by molar-refractivity contribution is -0.146. The fourth-order valence-corrected chi connectivity index (χ4v) is 8.20. The van der Waals surface area contributed by atoms with Crippen LogP contribution in [0, 0.1) is 0 Å². The van der Waals surface area contributed by atoms with Gasteiger partial charge in [-0.1, -0.05) is 35.4 Å². The van der Waals surface area contributed by atoms with Crippen molar-refractivity contribution in [2.45, 2.75) is 32.0 Å². The fraction of sp³-hybridized carbons (Fsp3) is 0.250. The Kier molecular flexibility index (Phi) is 10.8. The molecule has 0 bridgehead atoms. The maximum Gasteiger partial charge on any atom is 0.353 e. The quantitative estimate of drug-likeness (QED) is 0.123. The number of β-lactam (4-membered cyclic amide) rings is 1. The highest BCUT2D eigenvalue weighted by atomic mass is 35.5. The molecular weight excluding hydrogens is 667 g/mol. The van der Waals surface area contributed by atoms with Crippen molar-refractivity contribution >= 4 is 106 Å². The number of anilines is 2. The van der Waals surface area contributed by atoms with E-state index in [4.69, 9.17) is 39.8 Å². The highest BCUT2D eigenvalue weighted by molar-refractivity contribution is 8.01. The predicted octanol–water partition coefficient (Wildman–Crippen LogP) is 3.65. The molecule has 222 valence electrons. The van der Waals surface area contributed by atoms with Crippen LogP contribution in [0.1, 0.15) is 6.42 Å². The predicted molar refractivity (Wildman–Crippen MR) is 166 cm³/mol. The average Bonchev–Trinajstić information content (AvgIpc) is 2.89. The Morgan fingerprint density at radius 2 is 1.74 bits per heavy atom. The number of carbonyl (C=O) groups is 4. The van der Waals surface area contributed by atoms with Crippen LogP contribution < -0.4 is 16.8 Å². The number of halogens is 2. The van der Waals surface area contributed by atoms with Crippen molar-refractivity contribution in [2.75, 3.05) is 28.7 Å². The Morgan fingerprint density at radius 1 is 1.07 bits per heavy atom. The number of nitrogen functional groups attached to an aromatic ring is 2. The maximum atomic E-state index is 13.0. The highest BCUT2D eigenvalue weighted by Gasteiger charge is 2.48. The Hall–Kier alpha value is -2.76. The number of nitrogens with one attached hydrogen (secondary N) is 1. The molecule has 12 nitrogen and oxygen atoms in total. The summed E-state index contributed by atoms with van der Waals surface area (Å²) >= 11 is 17.3. The lowest BCUT2D eigenvalue weighted by Crippen LogP contribution is -2.57. The van der Waals surface area contributed by atoms with Gasteiger partial charge >= 0.3 is 11.9 Å². The van der Waals surface area contributed by atoms with E-state index in [1.807, 2.05) is 0 Å². The van der Waals surface area contributed by atoms with Crippen molar-refractivity contribution < 1.29 is 29.4 Å². The number of nitrogens with zero attached hydrogens (tertiary/aromatic N) is 3. The molecule has 1 aromatic carbocycles. The number of hydrogen-bond acceptors (Lipinski definition) is 12. The number of aliphatic carboxylic acids is 2. The van der Waals surface area contributed by atoms with E-state index in [2.05, 4.69) is 15.3 Å². The van der Waals surface area contributed by atoms with Gasteiger partial charge in [-0.2, -0.15) is 4.98 Å². The molecule has 2 amide bonds. The van der Waals surface area contributed by atoms with E-state index in [-0.39, 0.29) is 46.9 Å². The topological polar surface area (TPSA) is 202 Å². The number of carboxylic acid groups (broad SMARTS) is 2. The number of benzene rings is 1. The van der Waals surface area contributed by atoms with Crippen molar-refractivity contribution in [1.82, 2.24) is 20.2 Å². The van der Waals surface area contributed by atoms with Crippen LogP contribution in [0.15, 0.2) is 56.4 Å². The van der Waals surface area contributed by atoms with Crippen LogP contribution in [0.2, 0.25) is 10.0 Å². The van der Waals surface area contributed by atoms with E-state index >= 15 is 0 Å². The SMILES string of the molecule is Nc1cc(SC/C=C/C2=C(C(=O)O)N3C(=O)CC3SC2NC(=O)CSc2cc(Cl)c(SCC(=O)O)cc2Cl)nc(N)n1. The van der Waals surface area contributed by atoms with Crippen molar-refractivity contribution in [3.8, 4) is 0 Å². The van der Waals surface area contributed by atoms with E-state index in [0.717, 1.165) is 23.5 Å². The second-order valence-corrected chi connectivity index (χ2v) is 13.7. The molecule has 2 atom stereocenters. The Morgan fingerprint density at radius 3 is 2.33 bits per heavy atom. The highest BCUT2D eigenvalue weighted by Crippen LogP contribution is 2.44. The van der Waals surface area contributed by atoms with Crippen LogP contribution in [-0.2, 0) is 19.2 Å². The van der Waals surface area contributed by atoms with Gasteiger partial charge in [-0.25, -0.2) is 9.78 Å². The Balaban J connectivity index is 1.46. The second-order valence-electron chi connectivity index (χ2n) is 8.50. The van der Waals surface area contributed by atoms with Gasteiger partial charge in [0.15, 0.2) is 0 Å². The molecule has 0 aliphatic carbocycles. The first-order chi connectivity index (χ1) is 19.9. The van der Waals surface area contributed by atoms with E-state index in [0.29, 0.717) is 30.6 Å². The Labute approximate surface area is 266 Å². The Bertz CT molecular complexity index is 1490. The van der Waals surface area contributed by atoms with Gasteiger partial charge in [-0.05, 0) is 12.1 Å². The third-order valence-corrected chi connectivity index (χ3v) is 10.7. The van der Waals surface area contributed by atoms with Crippen molar-refractivity contribution in [3.05, 3.63) is 51.7 Å². The van der Waals surface area contributed by atoms with Gasteiger partial charge in [0.25, 0.3) is 0 Å². The summed E-state index contributed by atoms with van der Waals surface area (Å²) in [6.07, 6.45) is 3.43. The molecule has 3 heterocycles. The number of thioether (sulfide) groups is 4. The number of nitrogens with two attached hydrogens (primary N) is 2. The molecule has 0 radical (unpaired) electrons. The molecule has 1 fully saturated rings. The van der Waals surface area contributed by atoms with Crippen molar-refractivity contribution in [1.29, 1.82) is 0 Å². The van der Waals surface area contributed by atoms with Gasteiger partial charge < -0.3 is 27.0 Å². The third-order valence-electron chi connectivity index (χ3n) is 5.55. The molecule has 2 aliphatic rings. The molecule has 1 aromatic heterocycles. The number of carboxylic acids is 2.